The van der Waals surface area contributed by atoms with Crippen LogP contribution in [0.15, 0.2) is 12.3 Å². The number of rotatable bonds is 3. The highest BCUT2D eigenvalue weighted by Crippen LogP contribution is 2.29. The van der Waals surface area contributed by atoms with Gasteiger partial charge in [0.05, 0.1) is 18.0 Å². The van der Waals surface area contributed by atoms with Crippen molar-refractivity contribution in [3.63, 3.8) is 0 Å². The molecule has 11 heteroatoms. The molecule has 2 aromatic rings. The second kappa shape index (κ2) is 5.80. The molecule has 1 amide bonds. The summed E-state index contributed by atoms with van der Waals surface area (Å²) >= 11 is 6.09. The highest BCUT2D eigenvalue weighted by molar-refractivity contribution is 6.32. The fourth-order valence-corrected chi connectivity index (χ4v) is 2.36. The van der Waals surface area contributed by atoms with Crippen LogP contribution in [0.4, 0.5) is 16.3 Å². The Hall–Kier alpha value is -2.75. The van der Waals surface area contributed by atoms with Gasteiger partial charge in [-0.2, -0.15) is 0 Å². The summed E-state index contributed by atoms with van der Waals surface area (Å²) in [5.74, 6) is 0.400. The average molecular weight is 339 g/mol. The van der Waals surface area contributed by atoms with Crippen molar-refractivity contribution in [3.05, 3.63) is 27.5 Å². The van der Waals surface area contributed by atoms with E-state index < -0.39 is 11.0 Å². The molecule has 23 heavy (non-hydrogen) atoms. The summed E-state index contributed by atoms with van der Waals surface area (Å²) < 4.78 is 5.08. The van der Waals surface area contributed by atoms with Gasteiger partial charge in [-0.15, -0.1) is 0 Å². The summed E-state index contributed by atoms with van der Waals surface area (Å²) in [6.45, 7) is 0.862. The number of fused-ring (bicyclic) bond motifs is 1. The number of amides is 1. The first kappa shape index (κ1) is 15.2. The zero-order valence-electron chi connectivity index (χ0n) is 11.9. The molecule has 0 aliphatic carbocycles. The van der Waals surface area contributed by atoms with E-state index in [1.165, 1.54) is 13.1 Å². The van der Waals surface area contributed by atoms with E-state index in [2.05, 4.69) is 20.3 Å². The molecule has 1 aliphatic rings. The maximum Gasteiger partial charge on any atom is 0.407 e. The second-order valence-corrected chi connectivity index (χ2v) is 5.17. The highest BCUT2D eigenvalue weighted by Gasteiger charge is 2.32. The summed E-state index contributed by atoms with van der Waals surface area (Å²) in [6.07, 6.45) is 0.357. The average Bonchev–Trinajstić information content (AvgIpc) is 2.49. The van der Waals surface area contributed by atoms with Crippen LogP contribution in [-0.4, -0.2) is 52.2 Å². The predicted molar refractivity (Wildman–Crippen MR) is 80.5 cm³/mol. The van der Waals surface area contributed by atoms with Gasteiger partial charge in [0.15, 0.2) is 16.6 Å². The predicted octanol–water partition coefficient (Wildman–Crippen LogP) is 1.13. The van der Waals surface area contributed by atoms with Gasteiger partial charge in [-0.3, -0.25) is 10.1 Å². The first-order valence-corrected chi connectivity index (χ1v) is 6.96. The molecule has 1 aliphatic heterocycles. The second-order valence-electron chi connectivity index (χ2n) is 4.81. The number of halogens is 1. The number of pyridine rings is 1. The van der Waals surface area contributed by atoms with Crippen molar-refractivity contribution in [3.8, 4) is 0 Å². The zero-order chi connectivity index (χ0) is 16.6. The minimum Gasteiger partial charge on any atom is -0.442 e. The van der Waals surface area contributed by atoms with Crippen molar-refractivity contribution in [2.24, 2.45) is 0 Å². The van der Waals surface area contributed by atoms with Crippen LogP contribution >= 0.6 is 11.6 Å². The fourth-order valence-electron chi connectivity index (χ4n) is 2.10. The Morgan fingerprint density at radius 2 is 2.26 bits per heavy atom. The lowest BCUT2D eigenvalue weighted by atomic mass is 10.2. The van der Waals surface area contributed by atoms with Gasteiger partial charge >= 0.3 is 6.09 Å². The van der Waals surface area contributed by atoms with Crippen LogP contribution in [-0.2, 0) is 4.74 Å². The third-order valence-electron chi connectivity index (χ3n) is 3.28. The lowest BCUT2D eigenvalue weighted by Crippen LogP contribution is -2.54. The lowest BCUT2D eigenvalue weighted by molar-refractivity contribution is -0.385. The van der Waals surface area contributed by atoms with E-state index >= 15 is 0 Å². The van der Waals surface area contributed by atoms with Gasteiger partial charge in [-0.05, 0) is 0 Å². The number of nitrogens with one attached hydrogen (secondary N) is 1. The topological polar surface area (TPSA) is 123 Å². The molecule has 0 radical (unpaired) electrons. The molecule has 1 saturated heterocycles. The van der Waals surface area contributed by atoms with Crippen molar-refractivity contribution in [1.29, 1.82) is 0 Å². The van der Waals surface area contributed by atoms with E-state index in [0.29, 0.717) is 18.9 Å². The number of nitrogens with zero attached hydrogens (tertiary/aromatic N) is 5. The molecule has 0 saturated carbocycles. The maximum atomic E-state index is 11.1. The molecule has 0 spiro atoms. The van der Waals surface area contributed by atoms with Gasteiger partial charge in [0.2, 0.25) is 0 Å². The van der Waals surface area contributed by atoms with Gasteiger partial charge < -0.3 is 15.0 Å². The standard InChI is InChI=1S/C12H11ClN6O4/c1-14-12(20)23-7-4-18(5-7)11-9(13)16-8-2-6(19(21)22)3-15-10(8)17-11/h2-3,7H,4-5H2,1H3,(H,14,20). The Kier molecular flexibility index (Phi) is 3.82. The number of hydrogen-bond acceptors (Lipinski definition) is 8. The van der Waals surface area contributed by atoms with Crippen LogP contribution in [0.3, 0.4) is 0 Å². The van der Waals surface area contributed by atoms with Crippen molar-refractivity contribution >= 4 is 40.4 Å². The molecule has 120 valence electrons. The Labute approximate surface area is 134 Å². The van der Waals surface area contributed by atoms with E-state index in [-0.39, 0.29) is 28.1 Å². The van der Waals surface area contributed by atoms with Crippen LogP contribution in [0.1, 0.15) is 0 Å². The Morgan fingerprint density at radius 3 is 2.91 bits per heavy atom. The zero-order valence-corrected chi connectivity index (χ0v) is 12.6. The van der Waals surface area contributed by atoms with Gasteiger partial charge in [0.25, 0.3) is 5.69 Å². The Balaban J connectivity index is 1.80. The Morgan fingerprint density at radius 1 is 1.52 bits per heavy atom. The monoisotopic (exact) mass is 338 g/mol. The number of nitro groups is 1. The van der Waals surface area contributed by atoms with E-state index in [9.17, 15) is 14.9 Å². The van der Waals surface area contributed by atoms with Crippen molar-refractivity contribution in [1.82, 2.24) is 20.3 Å². The third kappa shape index (κ3) is 2.93. The molecule has 0 aromatic carbocycles. The minimum absolute atomic E-state index is 0.109. The van der Waals surface area contributed by atoms with Gasteiger partial charge in [0, 0.05) is 13.1 Å². The number of ether oxygens (including phenoxy) is 1. The normalized spacial score (nSPS) is 14.4. The first-order valence-electron chi connectivity index (χ1n) is 6.59. The van der Waals surface area contributed by atoms with Crippen LogP contribution in [0.2, 0.25) is 5.15 Å². The largest absolute Gasteiger partial charge is 0.442 e. The lowest BCUT2D eigenvalue weighted by Gasteiger charge is -2.39. The van der Waals surface area contributed by atoms with Crippen LogP contribution < -0.4 is 10.2 Å². The van der Waals surface area contributed by atoms with Crippen molar-refractivity contribution in [2.45, 2.75) is 6.10 Å². The van der Waals surface area contributed by atoms with E-state index in [1.54, 1.807) is 4.90 Å². The van der Waals surface area contributed by atoms with E-state index in [4.69, 9.17) is 16.3 Å². The van der Waals surface area contributed by atoms with Crippen molar-refractivity contribution < 1.29 is 14.5 Å². The van der Waals surface area contributed by atoms with Crippen LogP contribution in [0, 0.1) is 10.1 Å². The van der Waals surface area contributed by atoms with Crippen molar-refractivity contribution in [2.75, 3.05) is 25.0 Å². The smallest absolute Gasteiger partial charge is 0.407 e. The number of alkyl carbamates (subject to hydrolysis) is 1. The van der Waals surface area contributed by atoms with Gasteiger partial charge in [-0.25, -0.2) is 19.7 Å². The summed E-state index contributed by atoms with van der Waals surface area (Å²) in [5.41, 5.74) is 0.316. The maximum absolute atomic E-state index is 11.1. The first-order chi connectivity index (χ1) is 11.0. The molecule has 0 unspecified atom stereocenters. The molecule has 0 atom stereocenters. The molecule has 2 aromatic heterocycles. The Bertz CT molecular complexity index is 794. The third-order valence-corrected chi connectivity index (χ3v) is 3.54. The molecule has 0 bridgehead atoms. The van der Waals surface area contributed by atoms with Gasteiger partial charge in [0.1, 0.15) is 17.8 Å². The number of hydrogen-bond donors (Lipinski definition) is 1. The fraction of sp³-hybridized carbons (Fsp3) is 0.333. The number of aromatic nitrogens is 3. The molecule has 3 heterocycles. The quantitative estimate of drug-likeness (QED) is 0.652. The number of carbonyl (C=O) groups excluding carboxylic acids is 1. The molecule has 3 rings (SSSR count). The summed E-state index contributed by atoms with van der Waals surface area (Å²) in [7, 11) is 1.48. The van der Waals surface area contributed by atoms with Crippen LogP contribution in [0.5, 0.6) is 0 Å². The molecular weight excluding hydrogens is 328 g/mol. The molecule has 1 N–H and O–H groups in total. The van der Waals surface area contributed by atoms with Gasteiger partial charge in [-0.1, -0.05) is 11.6 Å². The molecule has 1 fully saturated rings. The number of anilines is 1. The van der Waals surface area contributed by atoms with E-state index in [0.717, 1.165) is 6.20 Å². The highest BCUT2D eigenvalue weighted by atomic mass is 35.5. The SMILES string of the molecule is CNC(=O)OC1CN(c2nc3ncc([N+](=O)[O-])cc3nc2Cl)C1. The van der Waals surface area contributed by atoms with E-state index in [1.807, 2.05) is 0 Å². The summed E-state index contributed by atoms with van der Waals surface area (Å²) in [5, 5.41) is 13.2. The van der Waals surface area contributed by atoms with Crippen LogP contribution in [0.25, 0.3) is 11.2 Å². The molecule has 10 nitrogen and oxygen atoms in total. The minimum atomic E-state index is -0.563. The summed E-state index contributed by atoms with van der Waals surface area (Å²) in [6, 6.07) is 1.26. The summed E-state index contributed by atoms with van der Waals surface area (Å²) in [4.78, 5) is 35.4. The molecular formula is C12H11ClN6O4. The number of carbonyl (C=O) groups is 1.